The van der Waals surface area contributed by atoms with Crippen LogP contribution >= 0.6 is 0 Å². The van der Waals surface area contributed by atoms with E-state index >= 15 is 4.79 Å². The minimum absolute atomic E-state index is 0.00420. The number of fused-ring (bicyclic) bond motifs is 10. The monoisotopic (exact) mass is 807 g/mol. The van der Waals surface area contributed by atoms with Gasteiger partial charge in [0.25, 0.3) is 0 Å². The van der Waals surface area contributed by atoms with Crippen molar-refractivity contribution in [1.29, 1.82) is 0 Å². The van der Waals surface area contributed by atoms with Gasteiger partial charge >= 0.3 is 0 Å². The molecule has 1 aromatic carbocycles. The number of Topliss-reactive ketones (excluding diaryl/α,β-unsaturated/α-hetero) is 3. The number of allylic oxidation sites excluding steroid dienone is 15. The van der Waals surface area contributed by atoms with Crippen LogP contribution in [0.5, 0.6) is 17.2 Å². The van der Waals surface area contributed by atoms with Crippen molar-refractivity contribution in [2.45, 2.75) is 170 Å². The molecule has 1 aliphatic heterocycles. The summed E-state index contributed by atoms with van der Waals surface area (Å²) < 4.78 is 6.41. The zero-order chi connectivity index (χ0) is 43.7. The highest BCUT2D eigenvalue weighted by Gasteiger charge is 2.63. The van der Waals surface area contributed by atoms with Crippen molar-refractivity contribution >= 4 is 17.3 Å². The molecule has 0 spiro atoms. The molecule has 5 rings (SSSR count). The summed E-state index contributed by atoms with van der Waals surface area (Å²) in [7, 11) is 0. The van der Waals surface area contributed by atoms with E-state index in [1.54, 1.807) is 6.08 Å². The Labute approximate surface area is 354 Å². The zero-order valence-corrected chi connectivity index (χ0v) is 37.6. The zero-order valence-electron chi connectivity index (χ0n) is 37.6. The van der Waals surface area contributed by atoms with E-state index in [4.69, 9.17) is 4.74 Å². The Morgan fingerprint density at radius 3 is 1.81 bits per heavy atom. The van der Waals surface area contributed by atoms with Crippen LogP contribution in [0.2, 0.25) is 0 Å². The van der Waals surface area contributed by atoms with Crippen molar-refractivity contribution in [2.75, 3.05) is 0 Å². The topological polar surface area (TPSA) is 121 Å². The summed E-state index contributed by atoms with van der Waals surface area (Å²) in [6, 6.07) is 0.953. The predicted molar refractivity (Wildman–Crippen MR) is 240 cm³/mol. The van der Waals surface area contributed by atoms with Crippen molar-refractivity contribution in [3.8, 4) is 17.2 Å². The second-order valence-electron chi connectivity index (χ2n) is 18.2. The van der Waals surface area contributed by atoms with Crippen molar-refractivity contribution in [1.82, 2.24) is 0 Å². The summed E-state index contributed by atoms with van der Waals surface area (Å²) in [4.78, 5) is 44.6. The predicted octanol–water partition coefficient (Wildman–Crippen LogP) is 12.7. The number of ether oxygens (including phenoxy) is 1. The summed E-state index contributed by atoms with van der Waals surface area (Å²) >= 11 is 0. The largest absolute Gasteiger partial charge is 0.507 e. The molecule has 1 aromatic rings. The van der Waals surface area contributed by atoms with Gasteiger partial charge in [-0.3, -0.25) is 14.4 Å². The summed E-state index contributed by atoms with van der Waals surface area (Å²) in [5, 5.41) is 34.0. The second-order valence-corrected chi connectivity index (χ2v) is 18.2. The number of aromatic hydroxyl groups is 3. The fourth-order valence-corrected chi connectivity index (χ4v) is 8.68. The average molecular weight is 807 g/mol. The lowest BCUT2D eigenvalue weighted by atomic mass is 9.61. The number of phenols is 3. The first-order chi connectivity index (χ1) is 27.8. The summed E-state index contributed by atoms with van der Waals surface area (Å²) in [6.45, 7) is 20.4. The van der Waals surface area contributed by atoms with Crippen molar-refractivity contribution < 1.29 is 34.4 Å². The molecule has 0 saturated carbocycles. The normalized spacial score (nSPS) is 25.1. The van der Waals surface area contributed by atoms with Crippen LogP contribution in [0.1, 0.15) is 164 Å². The standard InChI is InChI=1S/C52H70O7/c1-33(2)16-11-17-34(3)18-12-19-35(4)20-13-23-37(6)26-28-40-45(42(53)32-43(54)46(40)55)52-31-30-39(8)25-15-22-36(5)21-14-24-38(7)27-29-41-44(47(56)49(52)57)48(50(52)58)59-51(41,9)10/h16,18,20,22,24,26,30,32,41,53-55H,11-15,17,19,21,23,25,27-29,31H2,1-10H3/b34-18+,35-20+,36-22+,37-26+,38-24+,39-30+/t41-,52-/m1/s1. The fraction of sp³-hybridized carbons (Fsp3) is 0.519. The molecule has 1 heterocycles. The van der Waals surface area contributed by atoms with Crippen LogP contribution in [0.15, 0.2) is 98.9 Å². The number of ketones is 3. The Kier molecular flexibility index (Phi) is 16.4. The summed E-state index contributed by atoms with van der Waals surface area (Å²) in [5.41, 5.74) is 5.23. The lowest BCUT2D eigenvalue weighted by Crippen LogP contribution is -2.52. The molecule has 0 radical (unpaired) electrons. The maximum atomic E-state index is 15.2. The molecule has 4 bridgehead atoms. The minimum Gasteiger partial charge on any atom is -0.507 e. The van der Waals surface area contributed by atoms with Crippen LogP contribution in [0, 0.1) is 5.92 Å². The molecule has 3 aliphatic carbocycles. The van der Waals surface area contributed by atoms with Gasteiger partial charge in [0, 0.05) is 23.1 Å². The van der Waals surface area contributed by atoms with Crippen molar-refractivity contribution in [3.63, 3.8) is 0 Å². The van der Waals surface area contributed by atoms with Gasteiger partial charge in [-0.15, -0.1) is 0 Å². The van der Waals surface area contributed by atoms with Crippen LogP contribution in [-0.4, -0.2) is 38.3 Å². The molecular formula is C52H70O7. The number of carbonyl (C=O) groups excluding carboxylic acids is 3. The molecule has 0 amide bonds. The Morgan fingerprint density at radius 2 is 1.24 bits per heavy atom. The first-order valence-corrected chi connectivity index (χ1v) is 21.7. The highest BCUT2D eigenvalue weighted by molar-refractivity contribution is 6.54. The van der Waals surface area contributed by atoms with Gasteiger partial charge in [0.1, 0.15) is 16.8 Å². The third kappa shape index (κ3) is 11.6. The molecule has 7 nitrogen and oxygen atoms in total. The lowest BCUT2D eigenvalue weighted by molar-refractivity contribution is -0.144. The Balaban J connectivity index is 1.72. The van der Waals surface area contributed by atoms with E-state index < -0.39 is 51.5 Å². The highest BCUT2D eigenvalue weighted by atomic mass is 16.5. The van der Waals surface area contributed by atoms with E-state index in [0.29, 0.717) is 19.3 Å². The van der Waals surface area contributed by atoms with E-state index in [2.05, 4.69) is 71.9 Å². The van der Waals surface area contributed by atoms with E-state index in [1.165, 1.54) is 27.9 Å². The molecule has 320 valence electrons. The quantitative estimate of drug-likeness (QED) is 0.0632. The maximum absolute atomic E-state index is 15.2. The number of carbonyl (C=O) groups is 3. The Bertz CT molecular complexity index is 2030. The van der Waals surface area contributed by atoms with Crippen LogP contribution in [-0.2, 0) is 31.0 Å². The second kappa shape index (κ2) is 20.5. The number of benzene rings is 1. The number of phenolic OH excluding ortho intramolecular Hbond substituents is 3. The van der Waals surface area contributed by atoms with E-state index in [0.717, 1.165) is 75.0 Å². The first kappa shape index (κ1) is 47.0. The molecule has 0 fully saturated rings. The molecule has 4 aliphatic rings. The van der Waals surface area contributed by atoms with Gasteiger partial charge in [-0.1, -0.05) is 81.5 Å². The molecule has 0 aromatic heterocycles. The van der Waals surface area contributed by atoms with Gasteiger partial charge in [-0.2, -0.15) is 0 Å². The number of rotatable bonds is 12. The third-order valence-corrected chi connectivity index (χ3v) is 12.5. The molecule has 2 atom stereocenters. The van der Waals surface area contributed by atoms with Gasteiger partial charge in [0.2, 0.25) is 17.3 Å². The third-order valence-electron chi connectivity index (χ3n) is 12.5. The van der Waals surface area contributed by atoms with Gasteiger partial charge in [-0.05, 0) is 159 Å². The Hall–Kier alpha value is -4.65. The summed E-state index contributed by atoms with van der Waals surface area (Å²) in [6.07, 6.45) is 24.9. The van der Waals surface area contributed by atoms with Gasteiger partial charge in [0.15, 0.2) is 17.3 Å². The van der Waals surface area contributed by atoms with Gasteiger partial charge in [0.05, 0.1) is 5.57 Å². The first-order valence-electron chi connectivity index (χ1n) is 21.7. The van der Waals surface area contributed by atoms with E-state index in [-0.39, 0.29) is 35.3 Å². The molecule has 7 heteroatoms. The highest BCUT2D eigenvalue weighted by Crippen LogP contribution is 2.54. The smallest absolute Gasteiger partial charge is 0.230 e. The SMILES string of the molecule is CC(C)=CCC/C(C)=C/CC/C(C)=C/CC/C(C)=C/Cc1c(O)c(O)cc(O)c1[C@@]12C/C=C(\C)CC/C=C(\C)CC/C=C(\C)CC[C@@H]3C(=C(OC3(C)C)C1=O)C(=O)C2=O. The average Bonchev–Trinajstić information content (AvgIpc) is 3.43. The Morgan fingerprint density at radius 1 is 0.712 bits per heavy atom. The van der Waals surface area contributed by atoms with Crippen LogP contribution in [0.3, 0.4) is 0 Å². The van der Waals surface area contributed by atoms with Crippen molar-refractivity contribution in [3.05, 3.63) is 110 Å². The van der Waals surface area contributed by atoms with E-state index in [1.807, 2.05) is 33.8 Å². The molecule has 3 N–H and O–H groups in total. The number of hydrogen-bond acceptors (Lipinski definition) is 7. The van der Waals surface area contributed by atoms with Crippen molar-refractivity contribution in [2.24, 2.45) is 5.92 Å². The number of hydrogen-bond donors (Lipinski definition) is 3. The van der Waals surface area contributed by atoms with Crippen LogP contribution in [0.25, 0.3) is 0 Å². The fourth-order valence-electron chi connectivity index (χ4n) is 8.68. The van der Waals surface area contributed by atoms with Crippen LogP contribution < -0.4 is 0 Å². The summed E-state index contributed by atoms with van der Waals surface area (Å²) in [5.74, 6) is -4.77. The maximum Gasteiger partial charge on any atom is 0.230 e. The molecule has 59 heavy (non-hydrogen) atoms. The van der Waals surface area contributed by atoms with Gasteiger partial charge in [-0.25, -0.2) is 0 Å². The van der Waals surface area contributed by atoms with Gasteiger partial charge < -0.3 is 20.1 Å². The van der Waals surface area contributed by atoms with E-state index in [9.17, 15) is 24.9 Å². The van der Waals surface area contributed by atoms with Crippen LogP contribution in [0.4, 0.5) is 0 Å². The molecule has 0 unspecified atom stereocenters. The molecule has 0 saturated heterocycles. The molecular weight excluding hydrogens is 737 g/mol. The minimum atomic E-state index is -2.22. The lowest BCUT2D eigenvalue weighted by Gasteiger charge is -2.35.